The second kappa shape index (κ2) is 6.78. The third-order valence-electron chi connectivity index (χ3n) is 1.79. The molecule has 2 amide bonds. The van der Waals surface area contributed by atoms with Crippen LogP contribution in [0.15, 0.2) is 0 Å². The normalized spacial score (nSPS) is 13.9. The minimum atomic E-state index is -1.24. The van der Waals surface area contributed by atoms with Gasteiger partial charge in [0.15, 0.2) is 0 Å². The number of nitrogens with two attached hydrogens (primary N) is 1. The average molecular weight is 232 g/mol. The maximum Gasteiger partial charge on any atom is 0.326 e. The number of aliphatic hydroxyl groups excluding tert-OH is 1. The van der Waals surface area contributed by atoms with Gasteiger partial charge in [0, 0.05) is 6.42 Å². The number of carbonyl (C=O) groups is 3. The monoisotopic (exact) mass is 232 g/mol. The molecule has 5 N–H and O–H groups in total. The third kappa shape index (κ3) is 6.77. The van der Waals surface area contributed by atoms with Crippen LogP contribution in [-0.2, 0) is 14.4 Å². The molecule has 0 heterocycles. The molecule has 0 fully saturated rings. The molecule has 0 radical (unpaired) electrons. The zero-order valence-electron chi connectivity index (χ0n) is 8.97. The molecule has 0 rings (SSSR count). The lowest BCUT2D eigenvalue weighted by Gasteiger charge is -2.14. The largest absolute Gasteiger partial charge is 0.480 e. The zero-order chi connectivity index (χ0) is 12.7. The van der Waals surface area contributed by atoms with Crippen LogP contribution < -0.4 is 11.1 Å². The van der Waals surface area contributed by atoms with E-state index in [0.29, 0.717) is 0 Å². The van der Waals surface area contributed by atoms with Crippen LogP contribution in [0.3, 0.4) is 0 Å². The Morgan fingerprint density at radius 3 is 2.31 bits per heavy atom. The second-order valence-electron chi connectivity index (χ2n) is 3.52. The molecule has 0 saturated carbocycles. The molecule has 0 bridgehead atoms. The molecule has 0 aliphatic heterocycles. The van der Waals surface area contributed by atoms with E-state index in [1.165, 1.54) is 6.92 Å². The quantitative estimate of drug-likeness (QED) is 0.428. The van der Waals surface area contributed by atoms with E-state index in [2.05, 4.69) is 5.32 Å². The maximum atomic E-state index is 11.2. The smallest absolute Gasteiger partial charge is 0.326 e. The van der Waals surface area contributed by atoms with Crippen LogP contribution in [0.5, 0.6) is 0 Å². The van der Waals surface area contributed by atoms with E-state index in [9.17, 15) is 14.4 Å². The molecular formula is C9H16N2O5. The van der Waals surface area contributed by atoms with Crippen LogP contribution in [-0.4, -0.2) is 40.1 Å². The molecule has 16 heavy (non-hydrogen) atoms. The highest BCUT2D eigenvalue weighted by molar-refractivity contribution is 5.84. The molecule has 0 aromatic heterocycles. The number of primary amides is 1. The fraction of sp³-hybridized carbons (Fsp3) is 0.667. The number of nitrogens with one attached hydrogen (secondary N) is 1. The summed E-state index contributed by atoms with van der Waals surface area (Å²) in [6.07, 6.45) is -1.20. The molecule has 0 aromatic carbocycles. The van der Waals surface area contributed by atoms with Gasteiger partial charge in [-0.2, -0.15) is 0 Å². The van der Waals surface area contributed by atoms with Gasteiger partial charge in [0.25, 0.3) is 0 Å². The lowest BCUT2D eigenvalue weighted by Crippen LogP contribution is -2.42. The summed E-state index contributed by atoms with van der Waals surface area (Å²) in [5.41, 5.74) is 4.87. The van der Waals surface area contributed by atoms with Gasteiger partial charge in [-0.1, -0.05) is 0 Å². The van der Waals surface area contributed by atoms with E-state index in [1.54, 1.807) is 0 Å². The highest BCUT2D eigenvalue weighted by Gasteiger charge is 2.20. The average Bonchev–Trinajstić information content (AvgIpc) is 2.09. The summed E-state index contributed by atoms with van der Waals surface area (Å²) < 4.78 is 0. The number of hydrogen-bond acceptors (Lipinski definition) is 4. The number of aliphatic hydroxyl groups is 1. The Balaban J connectivity index is 4.17. The van der Waals surface area contributed by atoms with Crippen molar-refractivity contribution in [2.75, 3.05) is 0 Å². The highest BCUT2D eigenvalue weighted by atomic mass is 16.4. The van der Waals surface area contributed by atoms with Crippen molar-refractivity contribution in [2.45, 2.75) is 38.3 Å². The Labute approximate surface area is 92.6 Å². The first-order chi connectivity index (χ1) is 7.32. The van der Waals surface area contributed by atoms with Crippen LogP contribution in [0.1, 0.15) is 26.2 Å². The van der Waals surface area contributed by atoms with Crippen molar-refractivity contribution in [3.05, 3.63) is 0 Å². The lowest BCUT2D eigenvalue weighted by molar-refractivity contribution is -0.142. The van der Waals surface area contributed by atoms with Gasteiger partial charge in [0.1, 0.15) is 6.04 Å². The van der Waals surface area contributed by atoms with Gasteiger partial charge in [-0.3, -0.25) is 9.59 Å². The van der Waals surface area contributed by atoms with Crippen LogP contribution >= 0.6 is 0 Å². The lowest BCUT2D eigenvalue weighted by atomic mass is 10.1. The maximum absolute atomic E-state index is 11.2. The number of amides is 2. The Hall–Kier alpha value is -1.63. The number of rotatable bonds is 7. The van der Waals surface area contributed by atoms with Crippen molar-refractivity contribution in [2.24, 2.45) is 5.73 Å². The molecule has 0 aromatic rings. The molecule has 0 spiro atoms. The van der Waals surface area contributed by atoms with Crippen molar-refractivity contribution >= 4 is 17.8 Å². The van der Waals surface area contributed by atoms with E-state index in [0.717, 1.165) is 0 Å². The SMILES string of the molecule is CC(O)CC(=O)NC(CCC(N)=O)C(=O)O. The Morgan fingerprint density at radius 1 is 1.38 bits per heavy atom. The number of carboxylic acids is 1. The molecule has 2 atom stereocenters. The summed E-state index contributed by atoms with van der Waals surface area (Å²) >= 11 is 0. The van der Waals surface area contributed by atoms with Gasteiger partial charge < -0.3 is 21.3 Å². The molecular weight excluding hydrogens is 216 g/mol. The fourth-order valence-electron chi connectivity index (χ4n) is 1.07. The first-order valence-electron chi connectivity index (χ1n) is 4.81. The van der Waals surface area contributed by atoms with Crippen molar-refractivity contribution < 1.29 is 24.6 Å². The third-order valence-corrected chi connectivity index (χ3v) is 1.79. The first kappa shape index (κ1) is 14.4. The van der Waals surface area contributed by atoms with Crippen LogP contribution in [0.2, 0.25) is 0 Å². The number of carbonyl (C=O) groups excluding carboxylic acids is 2. The van der Waals surface area contributed by atoms with E-state index in [-0.39, 0.29) is 19.3 Å². The van der Waals surface area contributed by atoms with Crippen LogP contribution in [0, 0.1) is 0 Å². The first-order valence-corrected chi connectivity index (χ1v) is 4.81. The summed E-state index contributed by atoms with van der Waals surface area (Å²) in [4.78, 5) is 32.3. The minimum absolute atomic E-state index is 0.0593. The van der Waals surface area contributed by atoms with Gasteiger partial charge >= 0.3 is 5.97 Å². The van der Waals surface area contributed by atoms with Gasteiger partial charge in [0.2, 0.25) is 11.8 Å². The number of carboxylic acid groups (broad SMARTS) is 1. The number of hydrogen-bond donors (Lipinski definition) is 4. The van der Waals surface area contributed by atoms with Crippen molar-refractivity contribution in [3.8, 4) is 0 Å². The highest BCUT2D eigenvalue weighted by Crippen LogP contribution is 1.99. The Morgan fingerprint density at radius 2 is 1.94 bits per heavy atom. The Kier molecular flexibility index (Phi) is 6.09. The van der Waals surface area contributed by atoms with Crippen molar-refractivity contribution in [1.82, 2.24) is 5.32 Å². The second-order valence-corrected chi connectivity index (χ2v) is 3.52. The predicted molar refractivity (Wildman–Crippen MR) is 54.3 cm³/mol. The summed E-state index contributed by atoms with van der Waals surface area (Å²) in [7, 11) is 0. The molecule has 0 aliphatic carbocycles. The summed E-state index contributed by atoms with van der Waals surface area (Å²) in [6, 6.07) is -1.15. The fourth-order valence-corrected chi connectivity index (χ4v) is 1.07. The van der Waals surface area contributed by atoms with E-state index in [4.69, 9.17) is 15.9 Å². The Bertz CT molecular complexity index is 277. The molecule has 7 nitrogen and oxygen atoms in total. The van der Waals surface area contributed by atoms with Crippen LogP contribution in [0.25, 0.3) is 0 Å². The molecule has 92 valence electrons. The van der Waals surface area contributed by atoms with E-state index in [1.807, 2.05) is 0 Å². The summed E-state index contributed by atoms with van der Waals surface area (Å²) in [5, 5.41) is 19.8. The zero-order valence-corrected chi connectivity index (χ0v) is 8.97. The molecule has 7 heteroatoms. The van der Waals surface area contributed by atoms with Crippen molar-refractivity contribution in [3.63, 3.8) is 0 Å². The standard InChI is InChI=1S/C9H16N2O5/c1-5(12)4-8(14)11-6(9(15)16)2-3-7(10)13/h5-6,12H,2-4H2,1H3,(H2,10,13)(H,11,14)(H,15,16). The molecule has 2 unspecified atom stereocenters. The van der Waals surface area contributed by atoms with Crippen molar-refractivity contribution in [1.29, 1.82) is 0 Å². The summed E-state index contributed by atoms with van der Waals surface area (Å²) in [6.45, 7) is 1.42. The minimum Gasteiger partial charge on any atom is -0.480 e. The van der Waals surface area contributed by atoms with Gasteiger partial charge in [-0.25, -0.2) is 4.79 Å². The number of aliphatic carboxylic acids is 1. The predicted octanol–water partition coefficient (Wildman–Crippen LogP) is -1.41. The van der Waals surface area contributed by atoms with Gasteiger partial charge in [-0.05, 0) is 13.3 Å². The van der Waals surface area contributed by atoms with E-state index < -0.39 is 29.9 Å². The van der Waals surface area contributed by atoms with E-state index >= 15 is 0 Å². The molecule has 0 aliphatic rings. The van der Waals surface area contributed by atoms with Gasteiger partial charge in [0.05, 0.1) is 12.5 Å². The topological polar surface area (TPSA) is 130 Å². The van der Waals surface area contributed by atoms with Gasteiger partial charge in [-0.15, -0.1) is 0 Å². The molecule has 0 saturated heterocycles. The summed E-state index contributed by atoms with van der Waals surface area (Å²) in [5.74, 6) is -2.44. The van der Waals surface area contributed by atoms with Crippen LogP contribution in [0.4, 0.5) is 0 Å².